The van der Waals surface area contributed by atoms with Crippen LogP contribution in [0.25, 0.3) is 0 Å². The fraction of sp³-hybridized carbons (Fsp3) is 0.588. The molecule has 0 saturated carbocycles. The zero-order chi connectivity index (χ0) is 15.2. The summed E-state index contributed by atoms with van der Waals surface area (Å²) in [5.74, 6) is 0.290. The van der Waals surface area contributed by atoms with Crippen molar-refractivity contribution in [2.45, 2.75) is 58.5 Å². The minimum absolute atomic E-state index is 0.0471. The van der Waals surface area contributed by atoms with Gasteiger partial charge in [0.15, 0.2) is 0 Å². The number of hydrogen-bond acceptors (Lipinski definition) is 4. The molecule has 4 heteroatoms. The third kappa shape index (κ3) is 3.90. The normalized spacial score (nSPS) is 18.7. The Labute approximate surface area is 126 Å². The smallest absolute Gasteiger partial charge is 0.338 e. The maximum atomic E-state index is 12.1. The monoisotopic (exact) mass is 292 g/mol. The third-order valence-corrected chi connectivity index (χ3v) is 3.89. The van der Waals surface area contributed by atoms with Gasteiger partial charge < -0.3 is 14.6 Å². The maximum absolute atomic E-state index is 12.1. The highest BCUT2D eigenvalue weighted by Crippen LogP contribution is 2.33. The average Bonchev–Trinajstić information content (AvgIpc) is 2.56. The lowest BCUT2D eigenvalue weighted by Gasteiger charge is -2.20. The summed E-state index contributed by atoms with van der Waals surface area (Å²) in [5.41, 5.74) is 1.30. The third-order valence-electron chi connectivity index (χ3n) is 3.89. The van der Waals surface area contributed by atoms with Gasteiger partial charge >= 0.3 is 5.97 Å². The number of fused-ring (bicyclic) bond motifs is 1. The quantitative estimate of drug-likeness (QED) is 0.860. The highest BCUT2D eigenvalue weighted by atomic mass is 16.5. The molecule has 1 aliphatic rings. The van der Waals surface area contributed by atoms with E-state index in [0.717, 1.165) is 44.1 Å². The van der Waals surface area contributed by atoms with Crippen LogP contribution < -0.4 is 4.74 Å². The molecule has 0 saturated heterocycles. The Hall–Kier alpha value is -1.71. The lowest BCUT2D eigenvalue weighted by Crippen LogP contribution is -2.16. The number of rotatable bonds is 3. The molecule has 116 valence electrons. The molecule has 0 aliphatic carbocycles. The summed E-state index contributed by atoms with van der Waals surface area (Å²) in [6.07, 6.45) is 6.13. The number of phenolic OH excluding ortho intramolecular Hbond substituents is 1. The predicted molar refractivity (Wildman–Crippen MR) is 80.9 cm³/mol. The number of carbonyl (C=O) groups excluding carboxylic acids is 1. The van der Waals surface area contributed by atoms with Crippen LogP contribution in [0.4, 0.5) is 0 Å². The number of aromatic hydroxyl groups is 1. The lowest BCUT2D eigenvalue weighted by atomic mass is 9.99. The minimum Gasteiger partial charge on any atom is -0.508 e. The molecule has 1 N–H and O–H groups in total. The van der Waals surface area contributed by atoms with Gasteiger partial charge in [0, 0.05) is 11.6 Å². The van der Waals surface area contributed by atoms with Crippen LogP contribution in [0.5, 0.6) is 11.5 Å². The van der Waals surface area contributed by atoms with Crippen LogP contribution in [0.3, 0.4) is 0 Å². The van der Waals surface area contributed by atoms with Crippen molar-refractivity contribution >= 4 is 5.97 Å². The van der Waals surface area contributed by atoms with Crippen molar-refractivity contribution in [3.05, 3.63) is 23.3 Å². The Morgan fingerprint density at radius 1 is 1.33 bits per heavy atom. The molecule has 1 atom stereocenters. The summed E-state index contributed by atoms with van der Waals surface area (Å²) in [5, 5.41) is 9.89. The van der Waals surface area contributed by atoms with Crippen LogP contribution in [-0.4, -0.2) is 23.8 Å². The van der Waals surface area contributed by atoms with Gasteiger partial charge in [-0.05, 0) is 45.1 Å². The van der Waals surface area contributed by atoms with E-state index in [-0.39, 0.29) is 17.8 Å². The first-order chi connectivity index (χ1) is 10.2. The standard InChI is InChI=1S/C17H24O4/c1-3-13-8-6-5-7-9-14-15(17(19)20-4-2)10-12(18)11-16(14)21-13/h10-11,13,18H,3-9H2,1-2H3. The second-order valence-corrected chi connectivity index (χ2v) is 5.44. The van der Waals surface area contributed by atoms with Crippen LogP contribution in [0.1, 0.15) is 61.9 Å². The number of phenols is 1. The van der Waals surface area contributed by atoms with E-state index in [2.05, 4.69) is 6.92 Å². The number of hydrogen-bond donors (Lipinski definition) is 1. The Kier molecular flexibility index (Phi) is 5.48. The van der Waals surface area contributed by atoms with Crippen LogP contribution in [0.2, 0.25) is 0 Å². The van der Waals surface area contributed by atoms with Gasteiger partial charge in [0.1, 0.15) is 11.5 Å². The summed E-state index contributed by atoms with van der Waals surface area (Å²) in [6.45, 7) is 4.19. The molecule has 1 unspecified atom stereocenters. The summed E-state index contributed by atoms with van der Waals surface area (Å²) >= 11 is 0. The topological polar surface area (TPSA) is 55.8 Å². The molecule has 0 radical (unpaired) electrons. The Bertz CT molecular complexity index is 496. The van der Waals surface area contributed by atoms with Gasteiger partial charge in [0.05, 0.1) is 18.3 Å². The fourth-order valence-corrected chi connectivity index (χ4v) is 2.76. The molecule has 2 rings (SSSR count). The van der Waals surface area contributed by atoms with Crippen molar-refractivity contribution in [3.63, 3.8) is 0 Å². The van der Waals surface area contributed by atoms with E-state index in [9.17, 15) is 9.90 Å². The molecule has 1 aliphatic heterocycles. The summed E-state index contributed by atoms with van der Waals surface area (Å²) in [4.78, 5) is 12.1. The van der Waals surface area contributed by atoms with Crippen molar-refractivity contribution in [3.8, 4) is 11.5 Å². The number of ether oxygens (including phenoxy) is 2. The van der Waals surface area contributed by atoms with Gasteiger partial charge in [-0.1, -0.05) is 13.3 Å². The molecule has 21 heavy (non-hydrogen) atoms. The molecule has 1 aromatic carbocycles. The SMILES string of the molecule is CCOC(=O)c1cc(O)cc2c1CCCCCC(CC)O2. The van der Waals surface area contributed by atoms with Crippen molar-refractivity contribution < 1.29 is 19.4 Å². The molecule has 1 heterocycles. The first kappa shape index (κ1) is 15.7. The fourth-order valence-electron chi connectivity index (χ4n) is 2.76. The van der Waals surface area contributed by atoms with Gasteiger partial charge in [-0.3, -0.25) is 0 Å². The van der Waals surface area contributed by atoms with E-state index in [0.29, 0.717) is 17.9 Å². The van der Waals surface area contributed by atoms with Crippen molar-refractivity contribution in [2.24, 2.45) is 0 Å². The Balaban J connectivity index is 2.41. The maximum Gasteiger partial charge on any atom is 0.338 e. The van der Waals surface area contributed by atoms with E-state index in [1.54, 1.807) is 13.0 Å². The van der Waals surface area contributed by atoms with Crippen molar-refractivity contribution in [1.29, 1.82) is 0 Å². The second-order valence-electron chi connectivity index (χ2n) is 5.44. The molecule has 0 fully saturated rings. The lowest BCUT2D eigenvalue weighted by molar-refractivity contribution is 0.0523. The van der Waals surface area contributed by atoms with E-state index >= 15 is 0 Å². The van der Waals surface area contributed by atoms with E-state index in [1.165, 1.54) is 6.07 Å². The van der Waals surface area contributed by atoms with Crippen molar-refractivity contribution in [2.75, 3.05) is 6.61 Å². The first-order valence-corrected chi connectivity index (χ1v) is 7.85. The predicted octanol–water partition coefficient (Wildman–Crippen LogP) is 3.84. The van der Waals surface area contributed by atoms with Crippen molar-refractivity contribution in [1.82, 2.24) is 0 Å². The number of esters is 1. The molecule has 0 spiro atoms. The highest BCUT2D eigenvalue weighted by molar-refractivity contribution is 5.92. The zero-order valence-corrected chi connectivity index (χ0v) is 12.9. The average molecular weight is 292 g/mol. The second kappa shape index (κ2) is 7.34. The van der Waals surface area contributed by atoms with Gasteiger partial charge in [-0.2, -0.15) is 0 Å². The van der Waals surface area contributed by atoms with Gasteiger partial charge in [-0.15, -0.1) is 0 Å². The van der Waals surface area contributed by atoms with Crippen LogP contribution >= 0.6 is 0 Å². The molecular formula is C17H24O4. The van der Waals surface area contributed by atoms with Crippen LogP contribution in [-0.2, 0) is 11.2 Å². The number of carbonyl (C=O) groups is 1. The molecular weight excluding hydrogens is 268 g/mol. The zero-order valence-electron chi connectivity index (χ0n) is 12.9. The molecule has 0 aromatic heterocycles. The molecule has 0 amide bonds. The molecule has 0 bridgehead atoms. The van der Waals surface area contributed by atoms with Crippen LogP contribution in [0, 0.1) is 0 Å². The minimum atomic E-state index is -0.388. The van der Waals surface area contributed by atoms with E-state index in [1.807, 2.05) is 0 Å². The van der Waals surface area contributed by atoms with Gasteiger partial charge in [-0.25, -0.2) is 4.79 Å². The molecule has 4 nitrogen and oxygen atoms in total. The summed E-state index contributed by atoms with van der Waals surface area (Å²) < 4.78 is 11.1. The Morgan fingerprint density at radius 3 is 2.86 bits per heavy atom. The largest absolute Gasteiger partial charge is 0.508 e. The summed E-state index contributed by atoms with van der Waals surface area (Å²) in [7, 11) is 0. The number of benzene rings is 1. The Morgan fingerprint density at radius 2 is 2.14 bits per heavy atom. The van der Waals surface area contributed by atoms with Gasteiger partial charge in [0.25, 0.3) is 0 Å². The van der Waals surface area contributed by atoms with E-state index < -0.39 is 0 Å². The first-order valence-electron chi connectivity index (χ1n) is 7.85. The van der Waals surface area contributed by atoms with E-state index in [4.69, 9.17) is 9.47 Å². The highest BCUT2D eigenvalue weighted by Gasteiger charge is 2.21. The molecule has 1 aromatic rings. The van der Waals surface area contributed by atoms with Crippen LogP contribution in [0.15, 0.2) is 12.1 Å². The van der Waals surface area contributed by atoms with Gasteiger partial charge in [0.2, 0.25) is 0 Å². The summed E-state index contributed by atoms with van der Waals surface area (Å²) in [6, 6.07) is 3.10.